The van der Waals surface area contributed by atoms with E-state index in [4.69, 9.17) is 9.26 Å². The number of carbonyl (C=O) groups is 1. The maximum Gasteiger partial charge on any atom is 0.253 e. The largest absolute Gasteiger partial charge is 0.497 e. The quantitative estimate of drug-likeness (QED) is 0.695. The van der Waals surface area contributed by atoms with Crippen molar-refractivity contribution < 1.29 is 14.1 Å². The predicted octanol–water partition coefficient (Wildman–Crippen LogP) is 2.12. The van der Waals surface area contributed by atoms with Crippen LogP contribution in [-0.4, -0.2) is 56.1 Å². The van der Waals surface area contributed by atoms with Crippen molar-refractivity contribution in [1.29, 1.82) is 0 Å². The molecule has 27 heavy (non-hydrogen) atoms. The highest BCUT2D eigenvalue weighted by atomic mass is 16.5. The summed E-state index contributed by atoms with van der Waals surface area (Å²) in [5.41, 5.74) is 1.21. The Balaban J connectivity index is 1.47. The van der Waals surface area contributed by atoms with Crippen LogP contribution in [-0.2, 0) is 0 Å². The molecule has 3 aromatic rings. The highest BCUT2D eigenvalue weighted by Crippen LogP contribution is 2.24. The Morgan fingerprint density at radius 3 is 2.81 bits per heavy atom. The van der Waals surface area contributed by atoms with Crippen molar-refractivity contribution in [2.75, 3.05) is 20.2 Å². The predicted molar refractivity (Wildman–Crippen MR) is 95.2 cm³/mol. The number of likely N-dealkylation sites (tertiary alicyclic amines) is 1. The first kappa shape index (κ1) is 17.2. The minimum atomic E-state index is 0.0106. The number of ether oxygens (including phenoxy) is 1. The van der Waals surface area contributed by atoms with E-state index in [-0.39, 0.29) is 11.9 Å². The summed E-state index contributed by atoms with van der Waals surface area (Å²) >= 11 is 0. The molecule has 2 aromatic heterocycles. The number of methoxy groups -OCH3 is 1. The van der Waals surface area contributed by atoms with Gasteiger partial charge in [-0.1, -0.05) is 10.4 Å². The molecule has 1 amide bonds. The maximum atomic E-state index is 12.8. The number of amides is 1. The normalized spacial score (nSPS) is 17.1. The molecule has 1 unspecified atom stereocenters. The lowest BCUT2D eigenvalue weighted by Crippen LogP contribution is -2.40. The minimum Gasteiger partial charge on any atom is -0.497 e. The third kappa shape index (κ3) is 3.53. The van der Waals surface area contributed by atoms with E-state index >= 15 is 0 Å². The van der Waals surface area contributed by atoms with Gasteiger partial charge in [0.2, 0.25) is 11.7 Å². The Morgan fingerprint density at radius 1 is 1.30 bits per heavy atom. The molecule has 9 nitrogen and oxygen atoms in total. The van der Waals surface area contributed by atoms with Crippen molar-refractivity contribution in [3.8, 4) is 17.3 Å². The first-order valence-electron chi connectivity index (χ1n) is 8.80. The number of piperidine rings is 1. The Morgan fingerprint density at radius 2 is 2.11 bits per heavy atom. The second-order valence-corrected chi connectivity index (χ2v) is 6.50. The van der Waals surface area contributed by atoms with Gasteiger partial charge in [-0.3, -0.25) is 4.79 Å². The summed E-state index contributed by atoms with van der Waals surface area (Å²) in [6, 6.07) is 7.24. The fourth-order valence-electron chi connectivity index (χ4n) is 3.23. The lowest BCUT2D eigenvalue weighted by Gasteiger charge is -2.32. The third-order valence-electron chi connectivity index (χ3n) is 4.66. The fourth-order valence-corrected chi connectivity index (χ4v) is 3.23. The van der Waals surface area contributed by atoms with Gasteiger partial charge in [-0.05, 0) is 37.1 Å². The van der Waals surface area contributed by atoms with Crippen LogP contribution in [0, 0.1) is 6.92 Å². The second kappa shape index (κ2) is 7.18. The number of aryl methyl sites for hydroxylation is 1. The minimum absolute atomic E-state index is 0.0106. The molecule has 1 atom stereocenters. The van der Waals surface area contributed by atoms with Gasteiger partial charge in [-0.25, -0.2) is 4.68 Å². The Bertz CT molecular complexity index is 933. The van der Waals surface area contributed by atoms with E-state index in [0.717, 1.165) is 25.1 Å². The molecular weight excluding hydrogens is 348 g/mol. The molecule has 0 saturated carbocycles. The van der Waals surface area contributed by atoms with E-state index in [9.17, 15) is 4.79 Å². The molecule has 1 saturated heterocycles. The topological polar surface area (TPSA) is 99.2 Å². The van der Waals surface area contributed by atoms with Gasteiger partial charge >= 0.3 is 0 Å². The molecule has 0 aliphatic carbocycles. The summed E-state index contributed by atoms with van der Waals surface area (Å²) in [6.45, 7) is 3.04. The van der Waals surface area contributed by atoms with Crippen molar-refractivity contribution in [3.05, 3.63) is 41.9 Å². The summed E-state index contributed by atoms with van der Waals surface area (Å²) in [6.07, 6.45) is 3.64. The van der Waals surface area contributed by atoms with E-state index < -0.39 is 0 Å². The Labute approximate surface area is 155 Å². The summed E-state index contributed by atoms with van der Waals surface area (Å²) < 4.78 is 11.9. The molecule has 1 fully saturated rings. The van der Waals surface area contributed by atoms with Crippen molar-refractivity contribution in [2.45, 2.75) is 25.8 Å². The standard InChI is InChI=1S/C18H20N6O3/c1-12-19-17(21-27-12)16-11-24(22-20-16)14-4-3-9-23(10-14)18(25)13-5-7-15(26-2)8-6-13/h5-8,11,14H,3-4,9-10H2,1-2H3. The molecule has 140 valence electrons. The van der Waals surface area contributed by atoms with E-state index in [1.807, 2.05) is 4.90 Å². The van der Waals surface area contributed by atoms with Crippen molar-refractivity contribution in [1.82, 2.24) is 30.0 Å². The zero-order valence-electron chi connectivity index (χ0n) is 15.2. The zero-order valence-corrected chi connectivity index (χ0v) is 15.2. The van der Waals surface area contributed by atoms with Crippen LogP contribution < -0.4 is 4.74 Å². The molecule has 0 radical (unpaired) electrons. The maximum absolute atomic E-state index is 12.8. The van der Waals surface area contributed by atoms with Crippen molar-refractivity contribution in [2.24, 2.45) is 0 Å². The molecule has 0 spiro atoms. The summed E-state index contributed by atoms with van der Waals surface area (Å²) in [7, 11) is 1.61. The van der Waals surface area contributed by atoms with Crippen LogP contribution in [0.2, 0.25) is 0 Å². The zero-order chi connectivity index (χ0) is 18.8. The number of rotatable bonds is 4. The molecule has 4 rings (SSSR count). The van der Waals surface area contributed by atoms with Crippen LogP contribution >= 0.6 is 0 Å². The number of aromatic nitrogens is 5. The fraction of sp³-hybridized carbons (Fsp3) is 0.389. The van der Waals surface area contributed by atoms with Crippen LogP contribution in [0.15, 0.2) is 35.0 Å². The van der Waals surface area contributed by atoms with Crippen LogP contribution in [0.1, 0.15) is 35.1 Å². The average molecular weight is 368 g/mol. The second-order valence-electron chi connectivity index (χ2n) is 6.50. The van der Waals surface area contributed by atoms with Gasteiger partial charge in [0.15, 0.2) is 5.69 Å². The average Bonchev–Trinajstić information content (AvgIpc) is 3.37. The van der Waals surface area contributed by atoms with Crippen LogP contribution in [0.25, 0.3) is 11.5 Å². The van der Waals surface area contributed by atoms with Crippen LogP contribution in [0.4, 0.5) is 0 Å². The van der Waals surface area contributed by atoms with Crippen molar-refractivity contribution >= 4 is 5.91 Å². The van der Waals surface area contributed by atoms with Crippen LogP contribution in [0.5, 0.6) is 5.75 Å². The highest BCUT2D eigenvalue weighted by Gasteiger charge is 2.27. The molecule has 3 heterocycles. The lowest BCUT2D eigenvalue weighted by molar-refractivity contribution is 0.0672. The summed E-state index contributed by atoms with van der Waals surface area (Å²) in [4.78, 5) is 18.8. The van der Waals surface area contributed by atoms with E-state index in [2.05, 4.69) is 20.5 Å². The van der Waals surface area contributed by atoms with Gasteiger partial charge in [0, 0.05) is 25.6 Å². The highest BCUT2D eigenvalue weighted by molar-refractivity contribution is 5.94. The summed E-state index contributed by atoms with van der Waals surface area (Å²) in [5, 5.41) is 12.2. The van der Waals surface area contributed by atoms with E-state index in [1.54, 1.807) is 49.2 Å². The molecule has 1 aliphatic heterocycles. The Hall–Kier alpha value is -3.23. The molecule has 1 aromatic carbocycles. The molecule has 0 bridgehead atoms. The van der Waals surface area contributed by atoms with Gasteiger partial charge in [0.05, 0.1) is 19.3 Å². The van der Waals surface area contributed by atoms with Gasteiger partial charge in [0.25, 0.3) is 5.91 Å². The molecule has 9 heteroatoms. The molecule has 0 N–H and O–H groups in total. The third-order valence-corrected chi connectivity index (χ3v) is 4.66. The van der Waals surface area contributed by atoms with E-state index in [1.165, 1.54) is 0 Å². The van der Waals surface area contributed by atoms with Crippen LogP contribution in [0.3, 0.4) is 0 Å². The first-order valence-corrected chi connectivity index (χ1v) is 8.80. The Kier molecular flexibility index (Phi) is 4.57. The smallest absolute Gasteiger partial charge is 0.253 e. The molecule has 1 aliphatic rings. The van der Waals surface area contributed by atoms with Gasteiger partial charge in [0.1, 0.15) is 5.75 Å². The number of hydrogen-bond donors (Lipinski definition) is 0. The van der Waals surface area contributed by atoms with Gasteiger partial charge < -0.3 is 14.2 Å². The number of carbonyl (C=O) groups excluding carboxylic acids is 1. The molecular formula is C18H20N6O3. The number of nitrogens with zero attached hydrogens (tertiary/aromatic N) is 6. The SMILES string of the molecule is COc1ccc(C(=O)N2CCCC(n3cc(-c4noc(C)n4)nn3)C2)cc1. The monoisotopic (exact) mass is 368 g/mol. The number of hydrogen-bond acceptors (Lipinski definition) is 7. The van der Waals surface area contributed by atoms with Crippen molar-refractivity contribution in [3.63, 3.8) is 0 Å². The first-order chi connectivity index (χ1) is 13.1. The number of benzene rings is 1. The van der Waals surface area contributed by atoms with Gasteiger partial charge in [-0.2, -0.15) is 4.98 Å². The van der Waals surface area contributed by atoms with E-state index in [0.29, 0.717) is 29.5 Å². The van der Waals surface area contributed by atoms with Gasteiger partial charge in [-0.15, -0.1) is 5.10 Å². The summed E-state index contributed by atoms with van der Waals surface area (Å²) in [5.74, 6) is 1.64. The lowest BCUT2D eigenvalue weighted by atomic mass is 10.0.